The fourth-order valence-corrected chi connectivity index (χ4v) is 3.29. The number of alkyl halides is 3. The molecule has 30 heavy (non-hydrogen) atoms. The van der Waals surface area contributed by atoms with Gasteiger partial charge in [-0.2, -0.15) is 13.2 Å². The van der Waals surface area contributed by atoms with Gasteiger partial charge in [-0.3, -0.25) is 9.59 Å². The maximum absolute atomic E-state index is 13.1. The van der Waals surface area contributed by atoms with Crippen LogP contribution in [0.4, 0.5) is 18.9 Å². The lowest BCUT2D eigenvalue weighted by Gasteiger charge is -2.20. The van der Waals surface area contributed by atoms with E-state index in [1.165, 1.54) is 36.4 Å². The third-order valence-corrected chi connectivity index (χ3v) is 5.22. The summed E-state index contributed by atoms with van der Waals surface area (Å²) in [6.07, 6.45) is -5.31. The molecule has 0 saturated heterocycles. The molecule has 0 aromatic heterocycles. The molecule has 1 unspecified atom stereocenters. The minimum atomic E-state index is -4.57. The fraction of sp³-hybridized carbons (Fsp3) is 0.333. The van der Waals surface area contributed by atoms with E-state index in [9.17, 15) is 27.9 Å². The second-order valence-electron chi connectivity index (χ2n) is 6.87. The summed E-state index contributed by atoms with van der Waals surface area (Å²) >= 11 is 11.9. The summed E-state index contributed by atoms with van der Waals surface area (Å²) in [7, 11) is 0. The van der Waals surface area contributed by atoms with Crippen molar-refractivity contribution >= 4 is 40.8 Å². The molecule has 2 rings (SSSR count). The van der Waals surface area contributed by atoms with Crippen molar-refractivity contribution in [3.8, 4) is 0 Å². The van der Waals surface area contributed by atoms with E-state index in [4.69, 9.17) is 23.2 Å². The zero-order valence-electron chi connectivity index (χ0n) is 16.0. The molecule has 9 heteroatoms. The van der Waals surface area contributed by atoms with Crippen molar-refractivity contribution in [2.24, 2.45) is 5.92 Å². The summed E-state index contributed by atoms with van der Waals surface area (Å²) in [5.41, 5.74) is 0.891. The average molecular weight is 462 g/mol. The van der Waals surface area contributed by atoms with Crippen LogP contribution in [0.1, 0.15) is 36.8 Å². The van der Waals surface area contributed by atoms with E-state index in [-0.39, 0.29) is 22.7 Å². The lowest BCUT2D eigenvalue weighted by Crippen LogP contribution is -2.26. The molecule has 0 saturated carbocycles. The number of carboxylic acids is 1. The number of hydrogen-bond donors (Lipinski definition) is 2. The van der Waals surface area contributed by atoms with E-state index in [0.717, 1.165) is 0 Å². The highest BCUT2D eigenvalue weighted by atomic mass is 35.5. The zero-order valence-corrected chi connectivity index (χ0v) is 17.5. The number of amides is 1. The van der Waals surface area contributed by atoms with Gasteiger partial charge in [-0.1, -0.05) is 48.3 Å². The minimum absolute atomic E-state index is 0.126. The van der Waals surface area contributed by atoms with E-state index in [1.807, 2.05) is 0 Å². The summed E-state index contributed by atoms with van der Waals surface area (Å²) in [6.45, 7) is 1.74. The van der Waals surface area contributed by atoms with E-state index >= 15 is 0 Å². The molecule has 0 heterocycles. The Balaban J connectivity index is 2.28. The van der Waals surface area contributed by atoms with Crippen LogP contribution in [0.3, 0.4) is 0 Å². The lowest BCUT2D eigenvalue weighted by molar-refractivity contribution is -0.146. The van der Waals surface area contributed by atoms with Gasteiger partial charge in [0.2, 0.25) is 5.91 Å². The average Bonchev–Trinajstić information content (AvgIpc) is 2.66. The number of benzene rings is 2. The normalized spacial score (nSPS) is 13.5. The lowest BCUT2D eigenvalue weighted by atomic mass is 9.94. The van der Waals surface area contributed by atoms with E-state index < -0.39 is 36.3 Å². The number of hydrogen-bond acceptors (Lipinski definition) is 2. The maximum atomic E-state index is 13.1. The summed E-state index contributed by atoms with van der Waals surface area (Å²) < 4.78 is 39.3. The number of anilines is 1. The molecule has 2 atom stereocenters. The van der Waals surface area contributed by atoms with E-state index in [0.29, 0.717) is 17.0 Å². The van der Waals surface area contributed by atoms with Crippen molar-refractivity contribution in [1.82, 2.24) is 0 Å². The second kappa shape index (κ2) is 10.2. The Hall–Kier alpha value is -2.25. The predicted molar refractivity (Wildman–Crippen MR) is 110 cm³/mol. The van der Waals surface area contributed by atoms with Gasteiger partial charge in [0.15, 0.2) is 0 Å². The summed E-state index contributed by atoms with van der Waals surface area (Å²) in [4.78, 5) is 24.0. The van der Waals surface area contributed by atoms with Crippen LogP contribution in [-0.4, -0.2) is 23.2 Å². The van der Waals surface area contributed by atoms with Gasteiger partial charge in [0, 0.05) is 5.02 Å². The molecule has 0 radical (unpaired) electrons. The number of nitrogens with one attached hydrogen (secondary N) is 1. The van der Waals surface area contributed by atoms with Crippen LogP contribution in [0.5, 0.6) is 0 Å². The van der Waals surface area contributed by atoms with Crippen LogP contribution in [0.25, 0.3) is 0 Å². The van der Waals surface area contributed by atoms with Gasteiger partial charge in [0.1, 0.15) is 0 Å². The number of carboxylic acid groups (broad SMARTS) is 1. The second-order valence-corrected chi connectivity index (χ2v) is 7.72. The van der Waals surface area contributed by atoms with Gasteiger partial charge < -0.3 is 10.4 Å². The first-order valence-electron chi connectivity index (χ1n) is 9.14. The quantitative estimate of drug-likeness (QED) is 0.483. The number of carbonyl (C=O) groups excluding carboxylic acids is 1. The highest BCUT2D eigenvalue weighted by Crippen LogP contribution is 2.34. The Kier molecular flexibility index (Phi) is 8.15. The van der Waals surface area contributed by atoms with Crippen LogP contribution in [0.2, 0.25) is 10.0 Å². The summed E-state index contributed by atoms with van der Waals surface area (Å²) in [5, 5.41) is 12.1. The van der Waals surface area contributed by atoms with Gasteiger partial charge in [-0.25, -0.2) is 0 Å². The topological polar surface area (TPSA) is 66.4 Å². The fourth-order valence-electron chi connectivity index (χ4n) is 2.99. The molecule has 0 spiro atoms. The Morgan fingerprint density at radius 1 is 1.10 bits per heavy atom. The number of aliphatic carboxylic acids is 1. The smallest absolute Gasteiger partial charge is 0.390 e. The molecule has 0 fully saturated rings. The van der Waals surface area contributed by atoms with Gasteiger partial charge in [0.25, 0.3) is 0 Å². The van der Waals surface area contributed by atoms with Gasteiger partial charge >= 0.3 is 12.1 Å². The molecule has 0 aliphatic carbocycles. The molecular formula is C21H20Cl2F3NO3. The molecule has 162 valence electrons. The molecule has 1 amide bonds. The molecule has 2 N–H and O–H groups in total. The summed E-state index contributed by atoms with van der Waals surface area (Å²) in [5.74, 6) is -3.95. The number of halogens is 5. The highest BCUT2D eigenvalue weighted by molar-refractivity contribution is 6.33. The predicted octanol–water partition coefficient (Wildman–Crippen LogP) is 6.32. The van der Waals surface area contributed by atoms with Crippen molar-refractivity contribution in [2.45, 2.75) is 38.3 Å². The highest BCUT2D eigenvalue weighted by Gasteiger charge is 2.36. The van der Waals surface area contributed by atoms with Gasteiger partial charge in [-0.15, -0.1) is 0 Å². The van der Waals surface area contributed by atoms with Crippen molar-refractivity contribution in [3.63, 3.8) is 0 Å². The molecule has 2 aromatic carbocycles. The van der Waals surface area contributed by atoms with Crippen molar-refractivity contribution in [2.75, 3.05) is 5.32 Å². The van der Waals surface area contributed by atoms with Crippen LogP contribution < -0.4 is 5.32 Å². The monoisotopic (exact) mass is 461 g/mol. The van der Waals surface area contributed by atoms with Crippen molar-refractivity contribution in [1.29, 1.82) is 0 Å². The number of rotatable bonds is 8. The first-order valence-corrected chi connectivity index (χ1v) is 9.90. The standard InChI is InChI=1S/C21H20Cl2F3NO3/c1-2-13(20(29)30)9-12-3-8-17(23)18(10-12)27-19(28)16(11-21(24,25)26)14-4-6-15(22)7-5-14/h3-8,10,13,16H,2,9,11H2,1H3,(H,27,28)(H,29,30)/t13?,16-/m0/s1. The SMILES string of the molecule is CCC(Cc1ccc(Cl)c(NC(=O)[C@@H](CC(F)(F)F)c2ccc(Cl)cc2)c1)C(=O)O. The van der Waals surface area contributed by atoms with Crippen LogP contribution in [-0.2, 0) is 16.0 Å². The van der Waals surface area contributed by atoms with E-state index in [2.05, 4.69) is 5.32 Å². The molecule has 0 bridgehead atoms. The third-order valence-electron chi connectivity index (χ3n) is 4.64. The Morgan fingerprint density at radius 3 is 2.27 bits per heavy atom. The Labute approximate surface area is 182 Å². The van der Waals surface area contributed by atoms with Gasteiger partial charge in [0.05, 0.1) is 29.0 Å². The molecular weight excluding hydrogens is 442 g/mol. The Morgan fingerprint density at radius 2 is 1.73 bits per heavy atom. The first-order chi connectivity index (χ1) is 14.0. The zero-order chi connectivity index (χ0) is 22.5. The van der Waals surface area contributed by atoms with Crippen LogP contribution in [0, 0.1) is 5.92 Å². The minimum Gasteiger partial charge on any atom is -0.481 e. The van der Waals surface area contributed by atoms with Crippen molar-refractivity contribution < 1.29 is 27.9 Å². The Bertz CT molecular complexity index is 901. The first kappa shape index (κ1) is 24.0. The maximum Gasteiger partial charge on any atom is 0.390 e. The largest absolute Gasteiger partial charge is 0.481 e. The van der Waals surface area contributed by atoms with Gasteiger partial charge in [-0.05, 0) is 48.2 Å². The molecule has 2 aromatic rings. The molecule has 0 aliphatic heterocycles. The molecule has 0 aliphatic rings. The van der Waals surface area contributed by atoms with Crippen LogP contribution in [0.15, 0.2) is 42.5 Å². The van der Waals surface area contributed by atoms with E-state index in [1.54, 1.807) is 13.0 Å². The summed E-state index contributed by atoms with van der Waals surface area (Å²) in [6, 6.07) is 10.1. The third kappa shape index (κ3) is 6.92. The van der Waals surface area contributed by atoms with Crippen LogP contribution >= 0.6 is 23.2 Å². The van der Waals surface area contributed by atoms with Crippen molar-refractivity contribution in [3.05, 3.63) is 63.6 Å². The molecule has 4 nitrogen and oxygen atoms in total. The number of carbonyl (C=O) groups is 2.